The molecule has 1 atom stereocenters. The zero-order valence-electron chi connectivity index (χ0n) is 18.2. The Kier molecular flexibility index (Phi) is 4.93. The summed E-state index contributed by atoms with van der Waals surface area (Å²) < 4.78 is 0. The molecular weight excluding hydrogens is 398 g/mol. The van der Waals surface area contributed by atoms with Gasteiger partial charge in [0, 0.05) is 17.7 Å². The fraction of sp³-hybridized carbons (Fsp3) is 0.0312. The van der Waals surface area contributed by atoms with E-state index in [1.54, 1.807) is 0 Å². The van der Waals surface area contributed by atoms with Crippen LogP contribution in [0.2, 0.25) is 0 Å². The van der Waals surface area contributed by atoms with E-state index in [0.717, 1.165) is 5.69 Å². The van der Waals surface area contributed by atoms with Gasteiger partial charge in [0.1, 0.15) is 0 Å². The molecule has 156 valence electrons. The summed E-state index contributed by atoms with van der Waals surface area (Å²) in [6, 6.07) is 42.8. The van der Waals surface area contributed by atoms with Crippen molar-refractivity contribution in [3.8, 4) is 0 Å². The molecule has 0 saturated carbocycles. The molecule has 5 aromatic carbocycles. The van der Waals surface area contributed by atoms with Crippen molar-refractivity contribution in [1.82, 2.24) is 0 Å². The Bertz CT molecular complexity index is 1490. The monoisotopic (exact) mass is 421 g/mol. The Morgan fingerprint density at radius 1 is 0.576 bits per heavy atom. The zero-order valence-corrected chi connectivity index (χ0v) is 18.2. The maximum absolute atomic E-state index is 4.87. The number of benzene rings is 5. The van der Waals surface area contributed by atoms with Crippen LogP contribution in [0.1, 0.15) is 33.7 Å². The molecule has 0 spiro atoms. The van der Waals surface area contributed by atoms with Crippen LogP contribution in [0.15, 0.2) is 126 Å². The normalized spacial score (nSPS) is 15.0. The Hall–Kier alpha value is -4.23. The standard InChI is InChI=1S/C32H23N/c1-3-11-23(12-4-1)30-21-25-14-8-10-18-28(25)32(30)29-20-19-24-13-7-9-17-27(24)31(29)22-33-26-15-5-2-6-16-26/h1-22,32H. The SMILES string of the molecule is C(=Nc1ccccc1)c1c(C2C(c3ccccc3)=Cc3ccccc32)ccc2ccccc12. The van der Waals surface area contributed by atoms with Crippen molar-refractivity contribution < 1.29 is 0 Å². The summed E-state index contributed by atoms with van der Waals surface area (Å²) in [5, 5.41) is 2.46. The van der Waals surface area contributed by atoms with Gasteiger partial charge >= 0.3 is 0 Å². The van der Waals surface area contributed by atoms with E-state index in [-0.39, 0.29) is 5.92 Å². The molecule has 0 heterocycles. The lowest BCUT2D eigenvalue weighted by molar-refractivity contribution is 1.07. The lowest BCUT2D eigenvalue weighted by Gasteiger charge is -2.21. The third-order valence-corrected chi connectivity index (χ3v) is 6.45. The van der Waals surface area contributed by atoms with Crippen LogP contribution >= 0.6 is 0 Å². The molecule has 1 nitrogen and oxygen atoms in total. The molecule has 0 fully saturated rings. The molecule has 1 unspecified atom stereocenters. The van der Waals surface area contributed by atoms with Gasteiger partial charge < -0.3 is 0 Å². The number of allylic oxidation sites excluding steroid dienone is 1. The first kappa shape index (κ1) is 19.5. The molecule has 6 rings (SSSR count). The summed E-state index contributed by atoms with van der Waals surface area (Å²) in [5.74, 6) is 0.158. The van der Waals surface area contributed by atoms with Gasteiger partial charge in [-0.05, 0) is 56.8 Å². The van der Waals surface area contributed by atoms with Gasteiger partial charge in [-0.15, -0.1) is 0 Å². The van der Waals surface area contributed by atoms with Gasteiger partial charge in [-0.1, -0.05) is 109 Å². The molecule has 1 aliphatic rings. The van der Waals surface area contributed by atoms with Crippen LogP contribution in [-0.4, -0.2) is 6.21 Å². The van der Waals surface area contributed by atoms with Crippen LogP contribution in [-0.2, 0) is 0 Å². The highest BCUT2D eigenvalue weighted by Gasteiger charge is 2.29. The summed E-state index contributed by atoms with van der Waals surface area (Å²) in [6.07, 6.45) is 4.40. The molecule has 0 saturated heterocycles. The number of fused-ring (bicyclic) bond motifs is 2. The molecule has 33 heavy (non-hydrogen) atoms. The maximum atomic E-state index is 4.87. The molecule has 5 aromatic rings. The second-order valence-corrected chi connectivity index (χ2v) is 8.41. The van der Waals surface area contributed by atoms with E-state index in [9.17, 15) is 0 Å². The van der Waals surface area contributed by atoms with Gasteiger partial charge in [-0.25, -0.2) is 0 Å². The second kappa shape index (κ2) is 8.37. The summed E-state index contributed by atoms with van der Waals surface area (Å²) in [6.45, 7) is 0. The molecule has 0 aliphatic heterocycles. The Morgan fingerprint density at radius 2 is 1.27 bits per heavy atom. The van der Waals surface area contributed by atoms with Crippen molar-refractivity contribution in [1.29, 1.82) is 0 Å². The average Bonchev–Trinajstić information content (AvgIpc) is 3.28. The molecule has 0 N–H and O–H groups in total. The molecule has 0 aromatic heterocycles. The number of aliphatic imine (C=N–C) groups is 1. The van der Waals surface area contributed by atoms with E-state index in [0.29, 0.717) is 0 Å². The summed E-state index contributed by atoms with van der Waals surface area (Å²) >= 11 is 0. The highest BCUT2D eigenvalue weighted by molar-refractivity contribution is 6.04. The third kappa shape index (κ3) is 3.58. The Morgan fingerprint density at radius 3 is 2.12 bits per heavy atom. The highest BCUT2D eigenvalue weighted by atomic mass is 14.7. The average molecular weight is 422 g/mol. The molecular formula is C32H23N. The summed E-state index contributed by atoms with van der Waals surface area (Å²) in [7, 11) is 0. The Labute approximate surface area is 194 Å². The van der Waals surface area contributed by atoms with Crippen molar-refractivity contribution >= 4 is 34.3 Å². The lowest BCUT2D eigenvalue weighted by Crippen LogP contribution is -2.05. The van der Waals surface area contributed by atoms with Crippen LogP contribution in [0.5, 0.6) is 0 Å². The van der Waals surface area contributed by atoms with E-state index >= 15 is 0 Å². The minimum atomic E-state index is 0.158. The van der Waals surface area contributed by atoms with Crippen LogP contribution in [0.4, 0.5) is 5.69 Å². The number of para-hydroxylation sites is 1. The number of hydrogen-bond donors (Lipinski definition) is 0. The third-order valence-electron chi connectivity index (χ3n) is 6.45. The molecule has 0 radical (unpaired) electrons. The topological polar surface area (TPSA) is 12.4 Å². The minimum absolute atomic E-state index is 0.158. The van der Waals surface area contributed by atoms with Gasteiger partial charge in [0.15, 0.2) is 0 Å². The van der Waals surface area contributed by atoms with Crippen molar-refractivity contribution in [3.05, 3.63) is 149 Å². The second-order valence-electron chi connectivity index (χ2n) is 8.41. The van der Waals surface area contributed by atoms with Crippen molar-refractivity contribution in [3.63, 3.8) is 0 Å². The van der Waals surface area contributed by atoms with Gasteiger partial charge in [-0.3, -0.25) is 4.99 Å². The fourth-order valence-electron chi connectivity index (χ4n) is 4.90. The van der Waals surface area contributed by atoms with E-state index in [2.05, 4.69) is 103 Å². The summed E-state index contributed by atoms with van der Waals surface area (Å²) in [4.78, 5) is 4.87. The summed E-state index contributed by atoms with van der Waals surface area (Å²) in [5.41, 5.74) is 8.66. The van der Waals surface area contributed by atoms with E-state index in [1.165, 1.54) is 44.2 Å². The predicted octanol–water partition coefficient (Wildman–Crippen LogP) is 8.28. The maximum Gasteiger partial charge on any atom is 0.0629 e. The molecule has 1 aliphatic carbocycles. The van der Waals surface area contributed by atoms with Gasteiger partial charge in [-0.2, -0.15) is 0 Å². The van der Waals surface area contributed by atoms with E-state index in [1.807, 2.05) is 30.3 Å². The van der Waals surface area contributed by atoms with E-state index < -0.39 is 0 Å². The minimum Gasteiger partial charge on any atom is -0.256 e. The van der Waals surface area contributed by atoms with Crippen molar-refractivity contribution in [2.24, 2.45) is 4.99 Å². The highest BCUT2D eigenvalue weighted by Crippen LogP contribution is 2.47. The zero-order chi connectivity index (χ0) is 22.0. The van der Waals surface area contributed by atoms with Gasteiger partial charge in [0.25, 0.3) is 0 Å². The van der Waals surface area contributed by atoms with Crippen LogP contribution in [0.3, 0.4) is 0 Å². The molecule has 0 bridgehead atoms. The van der Waals surface area contributed by atoms with Gasteiger partial charge in [0.05, 0.1) is 5.69 Å². The Balaban J connectivity index is 1.59. The van der Waals surface area contributed by atoms with Crippen molar-refractivity contribution in [2.45, 2.75) is 5.92 Å². The first-order valence-corrected chi connectivity index (χ1v) is 11.4. The molecule has 1 heteroatoms. The van der Waals surface area contributed by atoms with Crippen LogP contribution < -0.4 is 0 Å². The smallest absolute Gasteiger partial charge is 0.0629 e. The predicted molar refractivity (Wildman–Crippen MR) is 140 cm³/mol. The quantitative estimate of drug-likeness (QED) is 0.259. The first-order valence-electron chi connectivity index (χ1n) is 11.4. The van der Waals surface area contributed by atoms with Crippen LogP contribution in [0.25, 0.3) is 22.4 Å². The van der Waals surface area contributed by atoms with Gasteiger partial charge in [0.2, 0.25) is 0 Å². The molecule has 0 amide bonds. The van der Waals surface area contributed by atoms with E-state index in [4.69, 9.17) is 4.99 Å². The number of rotatable bonds is 4. The van der Waals surface area contributed by atoms with Crippen molar-refractivity contribution in [2.75, 3.05) is 0 Å². The number of nitrogens with zero attached hydrogens (tertiary/aromatic N) is 1. The fourth-order valence-corrected chi connectivity index (χ4v) is 4.90. The largest absolute Gasteiger partial charge is 0.256 e. The first-order chi connectivity index (χ1) is 16.4. The number of hydrogen-bond acceptors (Lipinski definition) is 1. The van der Waals surface area contributed by atoms with Crippen LogP contribution in [0, 0.1) is 0 Å². The lowest BCUT2D eigenvalue weighted by atomic mass is 9.82.